The van der Waals surface area contributed by atoms with Crippen LogP contribution in [0, 0.1) is 5.82 Å². The normalized spacial score (nSPS) is 27.1. The molecule has 2 fully saturated rings. The third-order valence-electron chi connectivity index (χ3n) is 4.63. The van der Waals surface area contributed by atoms with Gasteiger partial charge in [-0.25, -0.2) is 4.39 Å². The molecule has 1 heterocycles. The van der Waals surface area contributed by atoms with E-state index in [4.69, 9.17) is 21.1 Å². The second-order valence-electron chi connectivity index (χ2n) is 6.55. The van der Waals surface area contributed by atoms with Crippen LogP contribution in [-0.4, -0.2) is 54.6 Å². The fourth-order valence-corrected chi connectivity index (χ4v) is 3.57. The molecule has 1 aromatic carbocycles. The first-order valence-corrected chi connectivity index (χ1v) is 8.56. The summed E-state index contributed by atoms with van der Waals surface area (Å²) in [6.45, 7) is 2.34. The molecule has 6 heteroatoms. The van der Waals surface area contributed by atoms with Crippen LogP contribution in [0.2, 0.25) is 5.02 Å². The highest BCUT2D eigenvalue weighted by molar-refractivity contribution is 6.30. The van der Waals surface area contributed by atoms with E-state index in [9.17, 15) is 9.50 Å². The molecule has 3 rings (SSSR count). The molecule has 0 spiro atoms. The molecule has 1 unspecified atom stereocenters. The maximum absolute atomic E-state index is 13.2. The van der Waals surface area contributed by atoms with Gasteiger partial charge < -0.3 is 14.6 Å². The van der Waals surface area contributed by atoms with Crippen LogP contribution in [0.25, 0.3) is 0 Å². The van der Waals surface area contributed by atoms with Crippen LogP contribution in [0.15, 0.2) is 18.2 Å². The molecule has 1 aromatic rings. The number of hydrogen-bond acceptors (Lipinski definition) is 4. The van der Waals surface area contributed by atoms with E-state index < -0.39 is 11.4 Å². The van der Waals surface area contributed by atoms with Crippen molar-refractivity contribution in [1.82, 2.24) is 4.90 Å². The number of rotatable bonds is 4. The number of β-amino-alcohol motifs (C(OH)–C–C–N with tert-alkyl or cyclic N) is 1. The minimum absolute atomic E-state index is 0.0131. The van der Waals surface area contributed by atoms with E-state index >= 15 is 0 Å². The molecule has 1 aliphatic heterocycles. The molecule has 1 atom stereocenters. The summed E-state index contributed by atoms with van der Waals surface area (Å²) in [5.41, 5.74) is -1.07. The summed E-state index contributed by atoms with van der Waals surface area (Å²) in [5.74, 6) is -0.0376. The van der Waals surface area contributed by atoms with E-state index in [1.165, 1.54) is 43.9 Å². The van der Waals surface area contributed by atoms with Gasteiger partial charge in [-0.15, -0.1) is 0 Å². The molecule has 0 radical (unpaired) electrons. The average molecular weight is 344 g/mol. The molecule has 128 valence electrons. The summed E-state index contributed by atoms with van der Waals surface area (Å²) < 4.78 is 24.4. The highest BCUT2D eigenvalue weighted by Gasteiger charge is 2.36. The van der Waals surface area contributed by atoms with Crippen LogP contribution in [0.3, 0.4) is 0 Å². The average Bonchev–Trinajstić information content (AvgIpc) is 2.99. The molecule has 1 saturated heterocycles. The van der Waals surface area contributed by atoms with Gasteiger partial charge in [-0.2, -0.15) is 0 Å². The summed E-state index contributed by atoms with van der Waals surface area (Å²) in [6, 6.07) is 4.73. The van der Waals surface area contributed by atoms with Crippen LogP contribution in [0.1, 0.15) is 25.7 Å². The molecule has 0 aromatic heterocycles. The summed E-state index contributed by atoms with van der Waals surface area (Å²) in [7, 11) is 0. The Morgan fingerprint density at radius 3 is 2.91 bits per heavy atom. The second-order valence-corrected chi connectivity index (χ2v) is 6.96. The largest absolute Gasteiger partial charge is 0.490 e. The maximum Gasteiger partial charge on any atom is 0.142 e. The van der Waals surface area contributed by atoms with Gasteiger partial charge in [0, 0.05) is 25.2 Å². The molecular formula is C17H23ClFNO3. The van der Waals surface area contributed by atoms with Gasteiger partial charge in [0.05, 0.1) is 18.2 Å². The van der Waals surface area contributed by atoms with E-state index in [0.717, 1.165) is 6.54 Å². The summed E-state index contributed by atoms with van der Waals surface area (Å²) in [4.78, 5) is 2.32. The van der Waals surface area contributed by atoms with Crippen LogP contribution in [0.5, 0.6) is 5.75 Å². The summed E-state index contributed by atoms with van der Waals surface area (Å²) in [6.07, 6.45) is 4.88. The van der Waals surface area contributed by atoms with Gasteiger partial charge >= 0.3 is 0 Å². The zero-order chi connectivity index (χ0) is 16.3. The first kappa shape index (κ1) is 17.0. The van der Waals surface area contributed by atoms with Crippen molar-refractivity contribution in [3.05, 3.63) is 29.0 Å². The SMILES string of the molecule is OC1(COc2ccc(F)c(Cl)c2)COCCN(C2CCCC2)C1. The fourth-order valence-electron chi connectivity index (χ4n) is 3.40. The Labute approximate surface area is 141 Å². The number of nitrogens with zero attached hydrogens (tertiary/aromatic N) is 1. The Morgan fingerprint density at radius 1 is 1.39 bits per heavy atom. The van der Waals surface area contributed by atoms with E-state index in [0.29, 0.717) is 24.9 Å². The Hall–Kier alpha value is -0.880. The number of benzene rings is 1. The van der Waals surface area contributed by atoms with Gasteiger partial charge in [-0.3, -0.25) is 4.90 Å². The van der Waals surface area contributed by atoms with Gasteiger partial charge in [0.15, 0.2) is 0 Å². The van der Waals surface area contributed by atoms with Crippen molar-refractivity contribution in [1.29, 1.82) is 0 Å². The van der Waals surface area contributed by atoms with Gasteiger partial charge in [-0.05, 0) is 25.0 Å². The van der Waals surface area contributed by atoms with E-state index in [-0.39, 0.29) is 18.2 Å². The number of hydrogen-bond donors (Lipinski definition) is 1. The summed E-state index contributed by atoms with van der Waals surface area (Å²) in [5, 5.41) is 10.9. The predicted octanol–water partition coefficient (Wildman–Crippen LogP) is 2.86. The van der Waals surface area contributed by atoms with Crippen molar-refractivity contribution < 1.29 is 19.0 Å². The Balaban J connectivity index is 1.62. The zero-order valence-electron chi connectivity index (χ0n) is 13.1. The molecule has 1 saturated carbocycles. The van der Waals surface area contributed by atoms with Crippen LogP contribution >= 0.6 is 11.6 Å². The van der Waals surface area contributed by atoms with Crippen molar-refractivity contribution in [2.75, 3.05) is 32.9 Å². The standard InChI is InChI=1S/C17H23ClFNO3/c18-15-9-14(5-6-16(15)19)23-12-17(21)10-20(7-8-22-11-17)13-3-1-2-4-13/h5-6,9,13,21H,1-4,7-8,10-12H2. The highest BCUT2D eigenvalue weighted by Crippen LogP contribution is 2.27. The Bertz CT molecular complexity index is 539. The molecule has 1 N–H and O–H groups in total. The minimum Gasteiger partial charge on any atom is -0.490 e. The van der Waals surface area contributed by atoms with Crippen LogP contribution in [0.4, 0.5) is 4.39 Å². The number of aliphatic hydroxyl groups is 1. The molecule has 0 bridgehead atoms. The smallest absolute Gasteiger partial charge is 0.142 e. The van der Waals surface area contributed by atoms with Gasteiger partial charge in [0.2, 0.25) is 0 Å². The lowest BCUT2D eigenvalue weighted by Gasteiger charge is -2.33. The Morgan fingerprint density at radius 2 is 2.17 bits per heavy atom. The Kier molecular flexibility index (Phi) is 5.42. The maximum atomic E-state index is 13.2. The first-order valence-electron chi connectivity index (χ1n) is 8.18. The van der Waals surface area contributed by atoms with Crippen molar-refractivity contribution >= 4 is 11.6 Å². The third-order valence-corrected chi connectivity index (χ3v) is 4.92. The van der Waals surface area contributed by atoms with Crippen molar-refractivity contribution in [3.63, 3.8) is 0 Å². The number of halogens is 2. The van der Waals surface area contributed by atoms with Crippen molar-refractivity contribution in [2.24, 2.45) is 0 Å². The van der Waals surface area contributed by atoms with E-state index in [1.54, 1.807) is 0 Å². The fraction of sp³-hybridized carbons (Fsp3) is 0.647. The monoisotopic (exact) mass is 343 g/mol. The van der Waals surface area contributed by atoms with Gasteiger partial charge in [0.25, 0.3) is 0 Å². The zero-order valence-corrected chi connectivity index (χ0v) is 13.9. The molecular weight excluding hydrogens is 321 g/mol. The van der Waals surface area contributed by atoms with Crippen LogP contribution < -0.4 is 4.74 Å². The lowest BCUT2D eigenvalue weighted by atomic mass is 10.0. The highest BCUT2D eigenvalue weighted by atomic mass is 35.5. The van der Waals surface area contributed by atoms with E-state index in [2.05, 4.69) is 4.90 Å². The molecule has 23 heavy (non-hydrogen) atoms. The molecule has 2 aliphatic rings. The number of ether oxygens (including phenoxy) is 2. The minimum atomic E-state index is -1.07. The lowest BCUT2D eigenvalue weighted by Crippen LogP contribution is -2.51. The molecule has 1 aliphatic carbocycles. The quantitative estimate of drug-likeness (QED) is 0.912. The predicted molar refractivity (Wildman–Crippen MR) is 86.5 cm³/mol. The van der Waals surface area contributed by atoms with Crippen molar-refractivity contribution in [2.45, 2.75) is 37.3 Å². The molecule has 4 nitrogen and oxygen atoms in total. The first-order chi connectivity index (χ1) is 11.1. The van der Waals surface area contributed by atoms with Gasteiger partial charge in [0.1, 0.15) is 23.8 Å². The van der Waals surface area contributed by atoms with E-state index in [1.807, 2.05) is 0 Å². The molecule has 0 amide bonds. The summed E-state index contributed by atoms with van der Waals surface area (Å²) >= 11 is 5.75. The van der Waals surface area contributed by atoms with Crippen molar-refractivity contribution in [3.8, 4) is 5.75 Å². The topological polar surface area (TPSA) is 41.9 Å². The third kappa shape index (κ3) is 4.35. The lowest BCUT2D eigenvalue weighted by molar-refractivity contribution is -0.0669. The van der Waals surface area contributed by atoms with Gasteiger partial charge in [-0.1, -0.05) is 24.4 Å². The second kappa shape index (κ2) is 7.34. The van der Waals surface area contributed by atoms with Crippen LogP contribution in [-0.2, 0) is 4.74 Å².